The molecule has 7 atom stereocenters. The van der Waals surface area contributed by atoms with Gasteiger partial charge < -0.3 is 34.5 Å². The molecule has 7 rings (SSSR count). The van der Waals surface area contributed by atoms with Gasteiger partial charge in [-0.05, 0) is 89.6 Å². The van der Waals surface area contributed by atoms with Crippen molar-refractivity contribution < 1.29 is 37.4 Å². The number of ether oxygens (including phenoxy) is 2. The zero-order chi connectivity index (χ0) is 44.9. The van der Waals surface area contributed by atoms with E-state index in [1.807, 2.05) is 63.3 Å². The summed E-state index contributed by atoms with van der Waals surface area (Å²) in [5.41, 5.74) is 4.92. The van der Waals surface area contributed by atoms with Crippen molar-refractivity contribution in [3.05, 3.63) is 71.6 Å². The number of benzene rings is 3. The Kier molecular flexibility index (Phi) is 12.5. The van der Waals surface area contributed by atoms with Crippen molar-refractivity contribution in [2.45, 2.75) is 91.4 Å². The van der Waals surface area contributed by atoms with Crippen LogP contribution in [0, 0.1) is 35.3 Å². The van der Waals surface area contributed by atoms with Gasteiger partial charge in [0, 0.05) is 42.9 Å². The number of amides is 4. The molecule has 2 N–H and O–H groups in total. The third kappa shape index (κ3) is 8.25. The summed E-state index contributed by atoms with van der Waals surface area (Å²) in [4.78, 5) is 65.6. The SMILES string of the molecule is COC(=O)N[C@H](C(=O)N1C[C@@H](C)C[C@H]1C1=Nc2ccc(-c3cc(F)c(-c4ccc5nc([C@@H]6C[C@H](C)CN6C(=O)[C@@H](NC(=O)OC)C(C)C)n(C)c5c4)cc3F)cc2C1C)C(C)C. The van der Waals surface area contributed by atoms with Crippen LogP contribution in [0.2, 0.25) is 0 Å². The number of nitrogens with zero attached hydrogens (tertiary/aromatic N) is 5. The lowest BCUT2D eigenvalue weighted by atomic mass is 9.89. The van der Waals surface area contributed by atoms with Crippen LogP contribution in [0.15, 0.2) is 53.5 Å². The Morgan fingerprint density at radius 1 is 0.726 bits per heavy atom. The summed E-state index contributed by atoms with van der Waals surface area (Å²) in [7, 11) is 4.38. The molecule has 3 aromatic carbocycles. The molecule has 0 spiro atoms. The lowest BCUT2D eigenvalue weighted by molar-refractivity contribution is -0.136. The largest absolute Gasteiger partial charge is 0.453 e. The number of halogens is 2. The van der Waals surface area contributed by atoms with Crippen LogP contribution in [0.5, 0.6) is 0 Å². The second-order valence-corrected chi connectivity index (χ2v) is 18.0. The fourth-order valence-corrected chi connectivity index (χ4v) is 9.45. The van der Waals surface area contributed by atoms with Crippen LogP contribution in [0.1, 0.15) is 84.7 Å². The van der Waals surface area contributed by atoms with Gasteiger partial charge in [-0.2, -0.15) is 0 Å². The van der Waals surface area contributed by atoms with Gasteiger partial charge >= 0.3 is 12.2 Å². The van der Waals surface area contributed by atoms with E-state index in [-0.39, 0.29) is 64.6 Å². The van der Waals surface area contributed by atoms with Crippen molar-refractivity contribution in [2.75, 3.05) is 27.3 Å². The first kappa shape index (κ1) is 44.2. The van der Waals surface area contributed by atoms with Crippen LogP contribution in [-0.4, -0.2) is 94.5 Å². The maximum absolute atomic E-state index is 16.2. The standard InChI is InChI=1S/C47H57F2N7O6/c1-23(2)40(52-46(59)61-9)44(57)55-21-25(5)15-38(55)42-27(7)30-17-28(11-13-35(30)50-42)31-19-34(49)32(20-33(31)48)29-12-14-36-37(18-29)54(8)43(51-36)39-16-26(6)22-56(39)45(58)41(24(3)4)53-47(60)62-10/h11-14,17-20,23-27,38-41H,15-16,21-22H2,1-10H3,(H,52,59)(H,53,60)/t25-,26-,27?,38-,39-,40-,41-/m0/s1. The molecule has 2 fully saturated rings. The molecule has 4 amide bonds. The van der Waals surface area contributed by atoms with Gasteiger partial charge in [-0.1, -0.05) is 60.6 Å². The number of nitrogens with one attached hydrogen (secondary N) is 2. The molecule has 2 saturated heterocycles. The van der Waals surface area contributed by atoms with Crippen molar-refractivity contribution >= 4 is 46.4 Å². The van der Waals surface area contributed by atoms with Crippen LogP contribution in [0.3, 0.4) is 0 Å². The lowest BCUT2D eigenvalue weighted by Crippen LogP contribution is -2.54. The molecule has 3 aliphatic heterocycles. The summed E-state index contributed by atoms with van der Waals surface area (Å²) in [6, 6.07) is 10.9. The van der Waals surface area contributed by atoms with E-state index in [9.17, 15) is 19.2 Å². The minimum absolute atomic E-state index is 0.0949. The van der Waals surface area contributed by atoms with E-state index < -0.39 is 35.9 Å². The summed E-state index contributed by atoms with van der Waals surface area (Å²) in [6.45, 7) is 14.7. The Bertz CT molecular complexity index is 2450. The van der Waals surface area contributed by atoms with Gasteiger partial charge in [0.2, 0.25) is 11.8 Å². The number of fused-ring (bicyclic) bond motifs is 2. The molecule has 0 radical (unpaired) electrons. The summed E-state index contributed by atoms with van der Waals surface area (Å²) in [5.74, 6) is -1.11. The van der Waals surface area contributed by atoms with E-state index in [1.165, 1.54) is 26.4 Å². The number of alkyl carbamates (subject to hydrolysis) is 2. The third-order valence-electron chi connectivity index (χ3n) is 12.8. The number of hydrogen-bond donors (Lipinski definition) is 2. The Balaban J connectivity index is 1.13. The Morgan fingerprint density at radius 2 is 1.23 bits per heavy atom. The fourth-order valence-electron chi connectivity index (χ4n) is 9.45. The van der Waals surface area contributed by atoms with E-state index in [1.54, 1.807) is 29.2 Å². The number of carbonyl (C=O) groups excluding carboxylic acids is 4. The molecular weight excluding hydrogens is 797 g/mol. The van der Waals surface area contributed by atoms with Gasteiger partial charge in [0.1, 0.15) is 29.5 Å². The molecule has 4 heterocycles. The molecule has 15 heteroatoms. The Hall–Kier alpha value is -5.86. The molecule has 4 aromatic rings. The first-order chi connectivity index (χ1) is 29.4. The molecule has 0 aliphatic carbocycles. The average Bonchev–Trinajstić information content (AvgIpc) is 4.00. The predicted molar refractivity (Wildman–Crippen MR) is 233 cm³/mol. The van der Waals surface area contributed by atoms with Gasteiger partial charge in [0.05, 0.1) is 43.0 Å². The van der Waals surface area contributed by atoms with Crippen LogP contribution in [0.4, 0.5) is 24.1 Å². The highest BCUT2D eigenvalue weighted by Gasteiger charge is 2.44. The number of hydrogen-bond acceptors (Lipinski definition) is 8. The zero-order valence-corrected chi connectivity index (χ0v) is 37.1. The number of imidazole rings is 1. The molecule has 13 nitrogen and oxygen atoms in total. The number of aliphatic imine (C=N–C) groups is 1. The highest BCUT2D eigenvalue weighted by atomic mass is 19.1. The van der Waals surface area contributed by atoms with Crippen LogP contribution in [0.25, 0.3) is 33.3 Å². The van der Waals surface area contributed by atoms with Crippen LogP contribution >= 0.6 is 0 Å². The smallest absolute Gasteiger partial charge is 0.407 e. The molecule has 1 aromatic heterocycles. The zero-order valence-electron chi connectivity index (χ0n) is 37.1. The topological polar surface area (TPSA) is 147 Å². The molecule has 0 bridgehead atoms. The first-order valence-electron chi connectivity index (χ1n) is 21.4. The number of methoxy groups -OCH3 is 2. The number of carbonyl (C=O) groups is 4. The number of rotatable bonds is 10. The highest BCUT2D eigenvalue weighted by Crippen LogP contribution is 2.43. The van der Waals surface area contributed by atoms with Crippen molar-refractivity contribution in [1.29, 1.82) is 0 Å². The van der Waals surface area contributed by atoms with Gasteiger partial charge in [0.25, 0.3) is 0 Å². The first-order valence-corrected chi connectivity index (χ1v) is 21.4. The van der Waals surface area contributed by atoms with E-state index in [2.05, 4.69) is 24.5 Å². The normalized spacial score (nSPS) is 21.9. The summed E-state index contributed by atoms with van der Waals surface area (Å²) in [5, 5.41) is 5.39. The van der Waals surface area contributed by atoms with Gasteiger partial charge in [0.15, 0.2) is 0 Å². The maximum Gasteiger partial charge on any atom is 0.407 e. The molecule has 0 saturated carbocycles. The van der Waals surface area contributed by atoms with Crippen molar-refractivity contribution in [3.63, 3.8) is 0 Å². The second kappa shape index (κ2) is 17.5. The van der Waals surface area contributed by atoms with Crippen LogP contribution < -0.4 is 10.6 Å². The van der Waals surface area contributed by atoms with E-state index in [0.29, 0.717) is 53.9 Å². The molecule has 1 unspecified atom stereocenters. The third-order valence-corrected chi connectivity index (χ3v) is 12.8. The second-order valence-electron chi connectivity index (χ2n) is 18.0. The summed E-state index contributed by atoms with van der Waals surface area (Å²) in [6.07, 6.45) is 0.0299. The van der Waals surface area contributed by atoms with E-state index in [4.69, 9.17) is 19.5 Å². The summed E-state index contributed by atoms with van der Waals surface area (Å²) >= 11 is 0. The minimum atomic E-state index is -0.783. The Labute approximate surface area is 361 Å². The van der Waals surface area contributed by atoms with Crippen LogP contribution in [-0.2, 0) is 26.1 Å². The maximum atomic E-state index is 16.2. The Morgan fingerprint density at radius 3 is 1.76 bits per heavy atom. The minimum Gasteiger partial charge on any atom is -0.453 e. The fraction of sp³-hybridized carbons (Fsp3) is 0.489. The lowest BCUT2D eigenvalue weighted by Gasteiger charge is -2.32. The van der Waals surface area contributed by atoms with Crippen molar-refractivity contribution in [1.82, 2.24) is 30.0 Å². The molecule has 62 heavy (non-hydrogen) atoms. The average molecular weight is 854 g/mol. The van der Waals surface area contributed by atoms with Crippen molar-refractivity contribution in [2.24, 2.45) is 35.7 Å². The van der Waals surface area contributed by atoms with E-state index in [0.717, 1.165) is 17.0 Å². The van der Waals surface area contributed by atoms with E-state index >= 15 is 8.78 Å². The monoisotopic (exact) mass is 853 g/mol. The molecular formula is C47H57F2N7O6. The number of aryl methyl sites for hydroxylation is 1. The summed E-state index contributed by atoms with van der Waals surface area (Å²) < 4.78 is 43.9. The quantitative estimate of drug-likeness (QED) is 0.163. The van der Waals surface area contributed by atoms with Gasteiger partial charge in [-0.15, -0.1) is 0 Å². The van der Waals surface area contributed by atoms with Gasteiger partial charge in [-0.3, -0.25) is 14.6 Å². The van der Waals surface area contributed by atoms with Crippen molar-refractivity contribution in [3.8, 4) is 22.3 Å². The highest BCUT2D eigenvalue weighted by molar-refractivity contribution is 6.04. The number of aromatic nitrogens is 2. The molecule has 330 valence electrons. The molecule has 3 aliphatic rings. The van der Waals surface area contributed by atoms with Gasteiger partial charge in [-0.25, -0.2) is 23.4 Å². The predicted octanol–water partition coefficient (Wildman–Crippen LogP) is 8.28. The number of likely N-dealkylation sites (tertiary alicyclic amines) is 2.